The lowest BCUT2D eigenvalue weighted by molar-refractivity contribution is 0.0252. The quantitative estimate of drug-likeness (QED) is 0.669. The van der Waals surface area contributed by atoms with E-state index < -0.39 is 23.9 Å². The smallest absolute Gasteiger partial charge is 0.407 e. The monoisotopic (exact) mass is 329 g/mol. The predicted octanol–water partition coefficient (Wildman–Crippen LogP) is 3.37. The minimum absolute atomic E-state index is 0.281. The van der Waals surface area contributed by atoms with Gasteiger partial charge in [-0.1, -0.05) is 39.0 Å². The van der Waals surface area contributed by atoms with E-state index in [2.05, 4.69) is 5.32 Å². The van der Waals surface area contributed by atoms with Crippen LogP contribution in [0.3, 0.4) is 0 Å². The van der Waals surface area contributed by atoms with Gasteiger partial charge in [-0.3, -0.25) is 0 Å². The second-order valence-electron chi connectivity index (χ2n) is 7.86. The molecule has 3 N–H and O–H groups in total. The first kappa shape index (κ1) is 20.2. The van der Waals surface area contributed by atoms with Gasteiger partial charge in [0.05, 0.1) is 18.2 Å². The number of rotatable bonds is 7. The molecule has 0 spiro atoms. The molecule has 0 aromatic carbocycles. The Morgan fingerprint density at radius 1 is 1.22 bits per heavy atom. The van der Waals surface area contributed by atoms with Crippen molar-refractivity contribution < 1.29 is 19.7 Å². The Morgan fingerprint density at radius 3 is 2.35 bits per heavy atom. The number of amides is 1. The molecular formula is C18H35NO4. The average molecular weight is 329 g/mol. The largest absolute Gasteiger partial charge is 0.444 e. The number of alkyl carbamates (subject to hydrolysis) is 1. The molecule has 0 aliphatic heterocycles. The summed E-state index contributed by atoms with van der Waals surface area (Å²) >= 11 is 0. The molecule has 0 radical (unpaired) electrons. The third kappa shape index (κ3) is 8.56. The molecule has 5 nitrogen and oxygen atoms in total. The van der Waals surface area contributed by atoms with Crippen molar-refractivity contribution in [1.29, 1.82) is 0 Å². The van der Waals surface area contributed by atoms with E-state index in [-0.39, 0.29) is 12.5 Å². The van der Waals surface area contributed by atoms with E-state index in [4.69, 9.17) is 4.74 Å². The number of nitrogens with one attached hydrogen (secondary N) is 1. The van der Waals surface area contributed by atoms with E-state index in [1.54, 1.807) is 0 Å². The van der Waals surface area contributed by atoms with Crippen LogP contribution < -0.4 is 5.32 Å². The Morgan fingerprint density at radius 2 is 1.83 bits per heavy atom. The van der Waals surface area contributed by atoms with Crippen LogP contribution in [0.1, 0.15) is 79.1 Å². The topological polar surface area (TPSA) is 78.8 Å². The maximum atomic E-state index is 12.1. The van der Waals surface area contributed by atoms with Crippen LogP contribution in [0.4, 0.5) is 4.79 Å². The van der Waals surface area contributed by atoms with E-state index in [0.29, 0.717) is 12.3 Å². The summed E-state index contributed by atoms with van der Waals surface area (Å²) in [6.07, 6.45) is 5.85. The lowest BCUT2D eigenvalue weighted by Crippen LogP contribution is -2.47. The zero-order valence-electron chi connectivity index (χ0n) is 15.2. The summed E-state index contributed by atoms with van der Waals surface area (Å²) < 4.78 is 5.32. The van der Waals surface area contributed by atoms with Gasteiger partial charge in [-0.05, 0) is 39.5 Å². The molecule has 0 aromatic heterocycles. The van der Waals surface area contributed by atoms with Gasteiger partial charge in [0.25, 0.3) is 0 Å². The molecule has 1 saturated carbocycles. The number of carbonyl (C=O) groups is 1. The Hall–Kier alpha value is -0.810. The maximum absolute atomic E-state index is 12.1. The lowest BCUT2D eigenvalue weighted by Gasteiger charge is -2.31. The number of aliphatic hydroxyl groups excluding tert-OH is 2. The zero-order valence-corrected chi connectivity index (χ0v) is 15.2. The van der Waals surface area contributed by atoms with Crippen molar-refractivity contribution in [3.8, 4) is 0 Å². The zero-order chi connectivity index (χ0) is 17.5. The number of ether oxygens (including phenoxy) is 1. The molecule has 0 aromatic rings. The number of carbonyl (C=O) groups excluding carboxylic acids is 1. The van der Waals surface area contributed by atoms with Gasteiger partial charge < -0.3 is 20.3 Å². The summed E-state index contributed by atoms with van der Waals surface area (Å²) in [6.45, 7) is 7.34. The standard InChI is InChI=1S/C18H35NO4/c1-5-14(20)12-16(21)15(11-13-9-7-6-8-10-13)19-17(22)23-18(2,3)4/h13-16,20-21H,5-12H2,1-4H3,(H,19,22)/t14-,15-,16-/m0/s1. The van der Waals surface area contributed by atoms with Crippen LogP contribution in [-0.4, -0.2) is 40.2 Å². The van der Waals surface area contributed by atoms with Gasteiger partial charge in [0.2, 0.25) is 0 Å². The van der Waals surface area contributed by atoms with Gasteiger partial charge >= 0.3 is 6.09 Å². The lowest BCUT2D eigenvalue weighted by atomic mass is 9.83. The van der Waals surface area contributed by atoms with Crippen LogP contribution in [-0.2, 0) is 4.74 Å². The minimum atomic E-state index is -0.751. The Bertz CT molecular complexity index is 347. The molecule has 3 atom stereocenters. The molecule has 0 bridgehead atoms. The van der Waals surface area contributed by atoms with Gasteiger partial charge in [0.1, 0.15) is 5.60 Å². The Kier molecular flexibility index (Phi) is 8.34. The molecule has 0 unspecified atom stereocenters. The molecular weight excluding hydrogens is 294 g/mol. The Labute approximate surface area is 140 Å². The van der Waals surface area contributed by atoms with Gasteiger partial charge in [-0.25, -0.2) is 4.79 Å². The number of aliphatic hydroxyl groups is 2. The highest BCUT2D eigenvalue weighted by molar-refractivity contribution is 5.68. The molecule has 1 fully saturated rings. The fraction of sp³-hybridized carbons (Fsp3) is 0.944. The molecule has 1 amide bonds. The second-order valence-corrected chi connectivity index (χ2v) is 7.86. The third-order valence-corrected chi connectivity index (χ3v) is 4.46. The van der Waals surface area contributed by atoms with Crippen molar-refractivity contribution >= 4 is 6.09 Å². The van der Waals surface area contributed by atoms with Crippen molar-refractivity contribution in [3.63, 3.8) is 0 Å². The average Bonchev–Trinajstić information content (AvgIpc) is 2.45. The summed E-state index contributed by atoms with van der Waals surface area (Å²) in [4.78, 5) is 12.1. The normalized spacial score (nSPS) is 20.6. The van der Waals surface area contributed by atoms with Crippen molar-refractivity contribution in [2.45, 2.75) is 103 Å². The molecule has 23 heavy (non-hydrogen) atoms. The third-order valence-electron chi connectivity index (χ3n) is 4.46. The van der Waals surface area contributed by atoms with Crippen LogP contribution in [0, 0.1) is 5.92 Å². The van der Waals surface area contributed by atoms with Crippen LogP contribution in [0.2, 0.25) is 0 Å². The number of hydrogen-bond donors (Lipinski definition) is 3. The van der Waals surface area contributed by atoms with Crippen LogP contribution in [0.5, 0.6) is 0 Å². The number of hydrogen-bond acceptors (Lipinski definition) is 4. The summed E-state index contributed by atoms with van der Waals surface area (Å²) in [5.74, 6) is 0.525. The van der Waals surface area contributed by atoms with Gasteiger partial charge in [-0.2, -0.15) is 0 Å². The van der Waals surface area contributed by atoms with E-state index in [0.717, 1.165) is 19.3 Å². The fourth-order valence-corrected chi connectivity index (χ4v) is 3.16. The second kappa shape index (κ2) is 9.48. The van der Waals surface area contributed by atoms with Crippen molar-refractivity contribution in [3.05, 3.63) is 0 Å². The fourth-order valence-electron chi connectivity index (χ4n) is 3.16. The van der Waals surface area contributed by atoms with Gasteiger partial charge in [0.15, 0.2) is 0 Å². The summed E-state index contributed by atoms with van der Waals surface area (Å²) in [5, 5.41) is 23.1. The molecule has 1 rings (SSSR count). The molecule has 1 aliphatic rings. The first-order valence-electron chi connectivity index (χ1n) is 9.07. The first-order chi connectivity index (χ1) is 10.7. The highest BCUT2D eigenvalue weighted by atomic mass is 16.6. The van der Waals surface area contributed by atoms with Crippen LogP contribution in [0.15, 0.2) is 0 Å². The summed E-state index contributed by atoms with van der Waals surface area (Å²) in [5.41, 5.74) is -0.562. The first-order valence-corrected chi connectivity index (χ1v) is 9.07. The SMILES string of the molecule is CC[C@H](O)C[C@H](O)[C@H](CC1CCCCC1)NC(=O)OC(C)(C)C. The highest BCUT2D eigenvalue weighted by Gasteiger charge is 2.29. The molecule has 0 saturated heterocycles. The highest BCUT2D eigenvalue weighted by Crippen LogP contribution is 2.28. The van der Waals surface area contributed by atoms with Gasteiger partial charge in [-0.15, -0.1) is 0 Å². The predicted molar refractivity (Wildman–Crippen MR) is 91.3 cm³/mol. The van der Waals surface area contributed by atoms with Gasteiger partial charge in [0, 0.05) is 6.42 Å². The minimum Gasteiger partial charge on any atom is -0.444 e. The molecule has 0 heterocycles. The maximum Gasteiger partial charge on any atom is 0.407 e. The van der Waals surface area contributed by atoms with E-state index >= 15 is 0 Å². The van der Waals surface area contributed by atoms with Crippen LogP contribution in [0.25, 0.3) is 0 Å². The van der Waals surface area contributed by atoms with Crippen molar-refractivity contribution in [1.82, 2.24) is 5.32 Å². The molecule has 5 heteroatoms. The molecule has 136 valence electrons. The van der Waals surface area contributed by atoms with E-state index in [1.165, 1.54) is 19.3 Å². The summed E-state index contributed by atoms with van der Waals surface area (Å²) in [6, 6.07) is -0.367. The van der Waals surface area contributed by atoms with Crippen molar-refractivity contribution in [2.75, 3.05) is 0 Å². The van der Waals surface area contributed by atoms with E-state index in [1.807, 2.05) is 27.7 Å². The Balaban J connectivity index is 2.64. The molecule has 1 aliphatic carbocycles. The van der Waals surface area contributed by atoms with Crippen molar-refractivity contribution in [2.24, 2.45) is 5.92 Å². The van der Waals surface area contributed by atoms with E-state index in [9.17, 15) is 15.0 Å². The summed E-state index contributed by atoms with van der Waals surface area (Å²) in [7, 11) is 0. The van der Waals surface area contributed by atoms with Crippen LogP contribution >= 0.6 is 0 Å².